The highest BCUT2D eigenvalue weighted by Gasteiger charge is 2.45. The summed E-state index contributed by atoms with van der Waals surface area (Å²) in [6.45, 7) is 5.55. The van der Waals surface area contributed by atoms with Crippen molar-refractivity contribution in [2.24, 2.45) is 5.92 Å². The summed E-state index contributed by atoms with van der Waals surface area (Å²) in [5, 5.41) is 17.2. The Hall–Kier alpha value is -2.57. The molecule has 0 unspecified atom stereocenters. The van der Waals surface area contributed by atoms with Gasteiger partial charge in [-0.05, 0) is 43.2 Å². The van der Waals surface area contributed by atoms with Crippen LogP contribution in [0.1, 0.15) is 82.8 Å². The molecule has 4 N–H and O–H groups in total. The van der Waals surface area contributed by atoms with Crippen LogP contribution in [0.15, 0.2) is 24.3 Å². The molecule has 7 nitrogen and oxygen atoms in total. The van der Waals surface area contributed by atoms with E-state index in [2.05, 4.69) is 22.9 Å². The Bertz CT molecular complexity index is 788. The van der Waals surface area contributed by atoms with E-state index in [1.165, 1.54) is 32.1 Å². The summed E-state index contributed by atoms with van der Waals surface area (Å²) < 4.78 is 0. The number of nitrogens with one attached hydrogen (secondary N) is 4. The van der Waals surface area contributed by atoms with E-state index in [1.54, 1.807) is 4.90 Å². The molecule has 0 bridgehead atoms. The van der Waals surface area contributed by atoms with Gasteiger partial charge in [0.15, 0.2) is 5.96 Å². The van der Waals surface area contributed by atoms with Crippen molar-refractivity contribution in [3.05, 3.63) is 35.4 Å². The quantitative estimate of drug-likeness (QED) is 0.408. The molecular weight excluding hydrogens is 402 g/mol. The van der Waals surface area contributed by atoms with Crippen molar-refractivity contribution in [2.75, 3.05) is 6.54 Å². The van der Waals surface area contributed by atoms with Crippen LogP contribution in [0.5, 0.6) is 0 Å². The number of guanidine groups is 1. The first-order chi connectivity index (χ1) is 15.4. The minimum atomic E-state index is -0.677. The van der Waals surface area contributed by atoms with Gasteiger partial charge in [-0.25, -0.2) is 4.79 Å². The van der Waals surface area contributed by atoms with Gasteiger partial charge in [0.2, 0.25) is 0 Å². The summed E-state index contributed by atoms with van der Waals surface area (Å²) in [5.41, 5.74) is 1.29. The molecule has 0 spiro atoms. The van der Waals surface area contributed by atoms with Crippen molar-refractivity contribution in [2.45, 2.75) is 90.3 Å². The molecule has 1 aliphatic carbocycles. The number of urea groups is 1. The number of benzene rings is 1. The first kappa shape index (κ1) is 24.1. The Labute approximate surface area is 192 Å². The van der Waals surface area contributed by atoms with Gasteiger partial charge in [-0.2, -0.15) is 0 Å². The van der Waals surface area contributed by atoms with Crippen LogP contribution < -0.4 is 16.0 Å². The molecule has 1 atom stereocenters. The molecule has 3 rings (SSSR count). The van der Waals surface area contributed by atoms with Crippen LogP contribution in [0, 0.1) is 11.3 Å². The zero-order valence-electron chi connectivity index (χ0n) is 19.6. The largest absolute Gasteiger partial charge is 0.342 e. The van der Waals surface area contributed by atoms with E-state index in [4.69, 9.17) is 5.41 Å². The molecule has 3 amide bonds. The summed E-state index contributed by atoms with van der Waals surface area (Å²) in [6, 6.07) is 7.69. The minimum absolute atomic E-state index is 0.00666. The van der Waals surface area contributed by atoms with Gasteiger partial charge in [0, 0.05) is 13.1 Å². The molecule has 1 aromatic rings. The van der Waals surface area contributed by atoms with Crippen LogP contribution in [0.4, 0.5) is 4.79 Å². The lowest BCUT2D eigenvalue weighted by Gasteiger charge is -2.27. The van der Waals surface area contributed by atoms with Crippen molar-refractivity contribution < 1.29 is 9.59 Å². The summed E-state index contributed by atoms with van der Waals surface area (Å²) in [5.74, 6) is 0.900. The Balaban J connectivity index is 1.49. The fourth-order valence-electron chi connectivity index (χ4n) is 4.64. The van der Waals surface area contributed by atoms with Crippen molar-refractivity contribution in [1.29, 1.82) is 5.41 Å². The Morgan fingerprint density at radius 3 is 2.53 bits per heavy atom. The second-order valence-corrected chi connectivity index (χ2v) is 9.52. The van der Waals surface area contributed by atoms with Crippen molar-refractivity contribution in [1.82, 2.24) is 20.9 Å². The maximum atomic E-state index is 13.1. The Morgan fingerprint density at radius 1 is 1.16 bits per heavy atom. The van der Waals surface area contributed by atoms with Crippen molar-refractivity contribution in [3.63, 3.8) is 0 Å². The van der Waals surface area contributed by atoms with Gasteiger partial charge in [0.05, 0.1) is 6.54 Å². The van der Waals surface area contributed by atoms with Crippen LogP contribution in [-0.4, -0.2) is 34.9 Å². The lowest BCUT2D eigenvalue weighted by molar-refractivity contribution is -0.131. The molecule has 1 aromatic carbocycles. The number of amides is 3. The Morgan fingerprint density at radius 2 is 1.84 bits per heavy atom. The van der Waals surface area contributed by atoms with Gasteiger partial charge >= 0.3 is 6.03 Å². The van der Waals surface area contributed by atoms with Crippen LogP contribution in [0.25, 0.3) is 0 Å². The normalized spacial score (nSPS) is 21.5. The lowest BCUT2D eigenvalue weighted by Crippen LogP contribution is -2.44. The topological polar surface area (TPSA) is 97.3 Å². The molecule has 1 saturated carbocycles. The van der Waals surface area contributed by atoms with E-state index in [1.807, 2.05) is 31.2 Å². The molecule has 0 radical (unpaired) electrons. The van der Waals surface area contributed by atoms with E-state index >= 15 is 0 Å². The number of nitrogens with zero attached hydrogens (tertiary/aromatic N) is 1. The van der Waals surface area contributed by atoms with E-state index in [0.29, 0.717) is 25.6 Å². The average Bonchev–Trinajstić information content (AvgIpc) is 3.01. The third-order valence-electron chi connectivity index (χ3n) is 6.79. The van der Waals surface area contributed by atoms with E-state index in [9.17, 15) is 9.59 Å². The van der Waals surface area contributed by atoms with Gasteiger partial charge in [0.25, 0.3) is 5.91 Å². The maximum Gasteiger partial charge on any atom is 0.315 e. The average molecular weight is 442 g/mol. The second-order valence-electron chi connectivity index (χ2n) is 9.52. The third kappa shape index (κ3) is 6.47. The van der Waals surface area contributed by atoms with Crippen LogP contribution in [-0.2, 0) is 17.9 Å². The van der Waals surface area contributed by atoms with Crippen LogP contribution in [0.3, 0.4) is 0 Å². The SMILES string of the molecule is CCCCNC(=O)NCc1ccc(CN2C(=N)N[C@](C)(CCC3CCCCC3)C2=O)cc1. The predicted molar refractivity (Wildman–Crippen MR) is 127 cm³/mol. The number of hydrogen-bond donors (Lipinski definition) is 4. The maximum absolute atomic E-state index is 13.1. The molecule has 32 heavy (non-hydrogen) atoms. The second kappa shape index (κ2) is 11.3. The summed E-state index contributed by atoms with van der Waals surface area (Å²) in [6.07, 6.45) is 10.3. The molecule has 2 aliphatic rings. The van der Waals surface area contributed by atoms with E-state index < -0.39 is 5.54 Å². The molecule has 1 saturated heterocycles. The molecule has 0 aromatic heterocycles. The number of rotatable bonds is 10. The fourth-order valence-corrected chi connectivity index (χ4v) is 4.64. The molecule has 7 heteroatoms. The minimum Gasteiger partial charge on any atom is -0.342 e. The fraction of sp³-hybridized carbons (Fsp3) is 0.640. The molecule has 2 fully saturated rings. The van der Waals surface area contributed by atoms with Gasteiger partial charge in [-0.15, -0.1) is 0 Å². The van der Waals surface area contributed by atoms with Gasteiger partial charge in [0.1, 0.15) is 5.54 Å². The zero-order valence-corrected chi connectivity index (χ0v) is 19.6. The third-order valence-corrected chi connectivity index (χ3v) is 6.79. The molecule has 176 valence electrons. The van der Waals surface area contributed by atoms with E-state index in [0.717, 1.165) is 36.8 Å². The highest BCUT2D eigenvalue weighted by molar-refractivity contribution is 6.07. The van der Waals surface area contributed by atoms with E-state index in [-0.39, 0.29) is 17.9 Å². The standard InChI is InChI=1S/C25H39N5O2/c1-3-4-16-27-24(32)28-17-20-10-12-21(13-11-20)18-30-22(31)25(2,29-23(30)26)15-14-19-8-6-5-7-9-19/h10-13,19H,3-9,14-18H2,1-2H3,(H2,26,29)(H2,27,28,32)/t25-/m1/s1. The van der Waals surface area contributed by atoms with Gasteiger partial charge in [-0.3, -0.25) is 15.1 Å². The monoisotopic (exact) mass is 441 g/mol. The van der Waals surface area contributed by atoms with Crippen LogP contribution in [0.2, 0.25) is 0 Å². The summed E-state index contributed by atoms with van der Waals surface area (Å²) in [7, 11) is 0. The zero-order chi connectivity index (χ0) is 23.0. The number of carbonyl (C=O) groups is 2. The predicted octanol–water partition coefficient (Wildman–Crippen LogP) is 4.27. The lowest BCUT2D eigenvalue weighted by atomic mass is 9.82. The number of hydrogen-bond acceptors (Lipinski definition) is 3. The van der Waals surface area contributed by atoms with Gasteiger partial charge in [-0.1, -0.05) is 69.7 Å². The molecular formula is C25H39N5O2. The summed E-state index contributed by atoms with van der Waals surface area (Å²) in [4.78, 5) is 26.5. The molecule has 1 heterocycles. The highest BCUT2D eigenvalue weighted by atomic mass is 16.2. The number of unbranched alkanes of at least 4 members (excludes halogenated alkanes) is 1. The summed E-state index contributed by atoms with van der Waals surface area (Å²) >= 11 is 0. The van der Waals surface area contributed by atoms with Crippen molar-refractivity contribution >= 4 is 17.9 Å². The molecule has 1 aliphatic heterocycles. The number of carbonyl (C=O) groups excluding carboxylic acids is 2. The Kier molecular flexibility index (Phi) is 8.53. The first-order valence-electron chi connectivity index (χ1n) is 12.2. The van der Waals surface area contributed by atoms with Crippen LogP contribution >= 0.6 is 0 Å². The van der Waals surface area contributed by atoms with Gasteiger partial charge < -0.3 is 16.0 Å². The smallest absolute Gasteiger partial charge is 0.315 e. The first-order valence-corrected chi connectivity index (χ1v) is 12.2. The highest BCUT2D eigenvalue weighted by Crippen LogP contribution is 2.32. The van der Waals surface area contributed by atoms with Crippen molar-refractivity contribution in [3.8, 4) is 0 Å².